The van der Waals surface area contributed by atoms with Crippen LogP contribution in [0.3, 0.4) is 0 Å². The Bertz CT molecular complexity index is 1090. The second kappa shape index (κ2) is 7.43. The van der Waals surface area contributed by atoms with Gasteiger partial charge in [-0.2, -0.15) is 5.10 Å². The number of benzene rings is 2. The van der Waals surface area contributed by atoms with Gasteiger partial charge in [0.2, 0.25) is 12.7 Å². The van der Waals surface area contributed by atoms with E-state index < -0.39 is 0 Å². The van der Waals surface area contributed by atoms with Crippen LogP contribution in [0.25, 0.3) is 11.3 Å². The zero-order valence-corrected chi connectivity index (χ0v) is 15.0. The predicted molar refractivity (Wildman–Crippen MR) is 102 cm³/mol. The summed E-state index contributed by atoms with van der Waals surface area (Å²) in [6.45, 7) is -0.0714. The largest absolute Gasteiger partial charge is 0.496 e. The molecule has 0 saturated heterocycles. The van der Waals surface area contributed by atoms with E-state index in [9.17, 15) is 9.59 Å². The quantitative estimate of drug-likeness (QED) is 0.731. The highest BCUT2D eigenvalue weighted by Crippen LogP contribution is 2.34. The lowest BCUT2D eigenvalue weighted by Crippen LogP contribution is -2.29. The van der Waals surface area contributed by atoms with E-state index in [1.54, 1.807) is 37.4 Å². The van der Waals surface area contributed by atoms with Crippen LogP contribution < -0.4 is 25.1 Å². The highest BCUT2D eigenvalue weighted by atomic mass is 16.7. The van der Waals surface area contributed by atoms with E-state index in [1.165, 1.54) is 6.07 Å². The van der Waals surface area contributed by atoms with Gasteiger partial charge in [0, 0.05) is 23.4 Å². The molecule has 0 fully saturated rings. The van der Waals surface area contributed by atoms with Crippen molar-refractivity contribution in [1.29, 1.82) is 0 Å². The summed E-state index contributed by atoms with van der Waals surface area (Å²) in [6, 6.07) is 15.4. The number of methoxy groups -OCH3 is 1. The summed E-state index contributed by atoms with van der Waals surface area (Å²) >= 11 is 0. The highest BCUT2D eigenvalue weighted by Gasteiger charge is 2.15. The van der Waals surface area contributed by atoms with E-state index in [0.29, 0.717) is 28.6 Å². The first kappa shape index (κ1) is 17.6. The Morgan fingerprint density at radius 1 is 1.14 bits per heavy atom. The molecule has 1 aliphatic heterocycles. The summed E-state index contributed by atoms with van der Waals surface area (Å²) in [4.78, 5) is 24.5. The molecule has 0 aliphatic carbocycles. The van der Waals surface area contributed by atoms with Gasteiger partial charge in [-0.05, 0) is 30.3 Å². The number of nitrogens with one attached hydrogen (secondary N) is 1. The predicted octanol–water partition coefficient (Wildman–Crippen LogP) is 2.29. The SMILES string of the molecule is COc1ccccc1-c1ccc(=O)n(CC(=O)Nc2ccc3c(c2)OCO3)n1. The van der Waals surface area contributed by atoms with Gasteiger partial charge in [-0.1, -0.05) is 12.1 Å². The van der Waals surface area contributed by atoms with Crippen molar-refractivity contribution < 1.29 is 19.0 Å². The normalized spacial score (nSPS) is 11.9. The summed E-state index contributed by atoms with van der Waals surface area (Å²) in [5, 5.41) is 7.04. The van der Waals surface area contributed by atoms with Crippen molar-refractivity contribution in [2.45, 2.75) is 6.54 Å². The van der Waals surface area contributed by atoms with Gasteiger partial charge in [-0.3, -0.25) is 9.59 Å². The first-order chi connectivity index (χ1) is 13.6. The summed E-state index contributed by atoms with van der Waals surface area (Å²) in [7, 11) is 1.56. The minimum absolute atomic E-state index is 0.155. The molecule has 1 amide bonds. The number of nitrogens with zero attached hydrogens (tertiary/aromatic N) is 2. The number of ether oxygens (including phenoxy) is 3. The van der Waals surface area contributed by atoms with Gasteiger partial charge in [0.15, 0.2) is 11.5 Å². The number of hydrogen-bond donors (Lipinski definition) is 1. The van der Waals surface area contributed by atoms with Gasteiger partial charge >= 0.3 is 0 Å². The van der Waals surface area contributed by atoms with E-state index in [1.807, 2.05) is 18.2 Å². The zero-order valence-electron chi connectivity index (χ0n) is 15.0. The molecule has 1 aliphatic rings. The molecule has 8 heteroatoms. The maximum atomic E-state index is 12.4. The molecule has 142 valence electrons. The Morgan fingerprint density at radius 2 is 1.96 bits per heavy atom. The summed E-state index contributed by atoms with van der Waals surface area (Å²) in [5.74, 6) is 1.43. The maximum absolute atomic E-state index is 12.4. The smallest absolute Gasteiger partial charge is 0.267 e. The van der Waals surface area contributed by atoms with Crippen LogP contribution >= 0.6 is 0 Å². The molecule has 2 heterocycles. The van der Waals surface area contributed by atoms with Crippen molar-refractivity contribution in [3.05, 3.63) is 65.0 Å². The van der Waals surface area contributed by atoms with Gasteiger partial charge in [0.25, 0.3) is 5.56 Å². The summed E-state index contributed by atoms with van der Waals surface area (Å²) in [6.07, 6.45) is 0. The van der Waals surface area contributed by atoms with Gasteiger partial charge in [0.05, 0.1) is 12.8 Å². The average Bonchev–Trinajstić information content (AvgIpc) is 3.17. The lowest BCUT2D eigenvalue weighted by molar-refractivity contribution is -0.117. The number of para-hydroxylation sites is 1. The molecular formula is C20H17N3O5. The molecule has 3 aromatic rings. The molecule has 4 rings (SSSR count). The Hall–Kier alpha value is -3.81. The summed E-state index contributed by atoms with van der Waals surface area (Å²) < 4.78 is 17.0. The maximum Gasteiger partial charge on any atom is 0.267 e. The number of anilines is 1. The number of fused-ring (bicyclic) bond motifs is 1. The van der Waals surface area contributed by atoms with Crippen LogP contribution in [0.4, 0.5) is 5.69 Å². The minimum atomic E-state index is -0.384. The van der Waals surface area contributed by atoms with Gasteiger partial charge < -0.3 is 19.5 Å². The number of carbonyl (C=O) groups excluding carboxylic acids is 1. The van der Waals surface area contributed by atoms with Crippen molar-refractivity contribution in [3.63, 3.8) is 0 Å². The van der Waals surface area contributed by atoms with Crippen LogP contribution in [0, 0.1) is 0 Å². The van der Waals surface area contributed by atoms with Gasteiger partial charge in [0.1, 0.15) is 12.3 Å². The van der Waals surface area contributed by atoms with Crippen LogP contribution in [-0.4, -0.2) is 29.6 Å². The van der Waals surface area contributed by atoms with Crippen LogP contribution in [-0.2, 0) is 11.3 Å². The molecule has 0 unspecified atom stereocenters. The Labute approximate surface area is 160 Å². The third kappa shape index (κ3) is 3.52. The van der Waals surface area contributed by atoms with Crippen molar-refractivity contribution in [2.75, 3.05) is 19.2 Å². The number of carbonyl (C=O) groups is 1. The number of aromatic nitrogens is 2. The van der Waals surface area contributed by atoms with E-state index in [2.05, 4.69) is 10.4 Å². The van der Waals surface area contributed by atoms with E-state index in [0.717, 1.165) is 10.2 Å². The number of hydrogen-bond acceptors (Lipinski definition) is 6. The molecule has 8 nitrogen and oxygen atoms in total. The number of amides is 1. The third-order valence-corrected chi connectivity index (χ3v) is 4.20. The fourth-order valence-electron chi connectivity index (χ4n) is 2.87. The Kier molecular flexibility index (Phi) is 4.67. The first-order valence-corrected chi connectivity index (χ1v) is 8.55. The minimum Gasteiger partial charge on any atom is -0.496 e. The molecule has 0 atom stereocenters. The van der Waals surface area contributed by atoms with Crippen molar-refractivity contribution in [1.82, 2.24) is 9.78 Å². The van der Waals surface area contributed by atoms with E-state index in [4.69, 9.17) is 14.2 Å². The number of rotatable bonds is 5. The molecule has 0 saturated carbocycles. The monoisotopic (exact) mass is 379 g/mol. The van der Waals surface area contributed by atoms with Crippen molar-refractivity contribution in [3.8, 4) is 28.5 Å². The highest BCUT2D eigenvalue weighted by molar-refractivity contribution is 5.90. The van der Waals surface area contributed by atoms with Gasteiger partial charge in [-0.15, -0.1) is 0 Å². The summed E-state index contributed by atoms with van der Waals surface area (Å²) in [5.41, 5.74) is 1.44. The van der Waals surface area contributed by atoms with Crippen LogP contribution in [0.15, 0.2) is 59.4 Å². The van der Waals surface area contributed by atoms with Crippen molar-refractivity contribution in [2.24, 2.45) is 0 Å². The van der Waals surface area contributed by atoms with E-state index >= 15 is 0 Å². The van der Waals surface area contributed by atoms with Crippen LogP contribution in [0.1, 0.15) is 0 Å². The van der Waals surface area contributed by atoms with Crippen LogP contribution in [0.2, 0.25) is 0 Å². The first-order valence-electron chi connectivity index (χ1n) is 8.55. The standard InChI is InChI=1S/C20H17N3O5/c1-26-16-5-3-2-4-14(16)15-7-9-20(25)23(22-15)11-19(24)21-13-6-8-17-18(10-13)28-12-27-17/h2-10H,11-12H2,1H3,(H,21,24). The Morgan fingerprint density at radius 3 is 2.82 bits per heavy atom. The fourth-order valence-corrected chi connectivity index (χ4v) is 2.87. The Balaban J connectivity index is 1.54. The molecule has 0 bridgehead atoms. The molecule has 28 heavy (non-hydrogen) atoms. The zero-order chi connectivity index (χ0) is 19.5. The molecule has 1 aromatic heterocycles. The lowest BCUT2D eigenvalue weighted by Gasteiger charge is -2.10. The van der Waals surface area contributed by atoms with Gasteiger partial charge in [-0.25, -0.2) is 4.68 Å². The molecule has 1 N–H and O–H groups in total. The molecule has 2 aromatic carbocycles. The topological polar surface area (TPSA) is 91.7 Å². The fraction of sp³-hybridized carbons (Fsp3) is 0.150. The average molecular weight is 379 g/mol. The molecule has 0 radical (unpaired) electrons. The molecular weight excluding hydrogens is 362 g/mol. The second-order valence-corrected chi connectivity index (χ2v) is 6.03. The second-order valence-electron chi connectivity index (χ2n) is 6.03. The van der Waals surface area contributed by atoms with E-state index in [-0.39, 0.29) is 24.8 Å². The third-order valence-electron chi connectivity index (χ3n) is 4.20. The lowest BCUT2D eigenvalue weighted by atomic mass is 10.1. The molecule has 0 spiro atoms. The van der Waals surface area contributed by atoms with Crippen molar-refractivity contribution >= 4 is 11.6 Å². The van der Waals surface area contributed by atoms with Crippen LogP contribution in [0.5, 0.6) is 17.2 Å².